The smallest absolute Gasteiger partial charge is 0.312 e. The zero-order valence-electron chi connectivity index (χ0n) is 10.2. The molecule has 0 radical (unpaired) electrons. The minimum atomic E-state index is -0.456. The van der Waals surface area contributed by atoms with Crippen LogP contribution in [-0.4, -0.2) is 15.9 Å². The van der Waals surface area contributed by atoms with Crippen molar-refractivity contribution in [2.24, 2.45) is 5.92 Å². The van der Waals surface area contributed by atoms with Crippen molar-refractivity contribution in [2.75, 3.05) is 5.32 Å². The average Bonchev–Trinajstić information content (AvgIpc) is 2.84. The molecule has 5 nitrogen and oxygen atoms in total. The highest BCUT2D eigenvalue weighted by Crippen LogP contribution is 2.31. The molecule has 1 aliphatic rings. The molecule has 1 N–H and O–H groups in total. The van der Waals surface area contributed by atoms with Gasteiger partial charge in [-0.15, -0.1) is 0 Å². The maximum absolute atomic E-state index is 10.9. The number of hydrogen-bond acceptors (Lipinski definition) is 4. The Labute approximate surface area is 111 Å². The normalized spacial score (nSPS) is 17.7. The number of nitrogens with zero attached hydrogens (tertiary/aromatic N) is 2. The molecular formula is C12H16ClN3O2. The predicted molar refractivity (Wildman–Crippen MR) is 70.9 cm³/mol. The highest BCUT2D eigenvalue weighted by molar-refractivity contribution is 6.30. The second-order valence-electron chi connectivity index (χ2n) is 4.76. The highest BCUT2D eigenvalue weighted by atomic mass is 35.5. The molecule has 0 bridgehead atoms. The quantitative estimate of drug-likeness (QED) is 0.669. The average molecular weight is 270 g/mol. The molecule has 0 aliphatic heterocycles. The number of nitro groups is 1. The van der Waals surface area contributed by atoms with Crippen LogP contribution in [0.15, 0.2) is 12.3 Å². The van der Waals surface area contributed by atoms with Gasteiger partial charge in [-0.3, -0.25) is 10.1 Å². The minimum absolute atomic E-state index is 0.0626. The summed E-state index contributed by atoms with van der Waals surface area (Å²) in [7, 11) is 0. The number of halogens is 1. The van der Waals surface area contributed by atoms with Crippen LogP contribution in [0.25, 0.3) is 0 Å². The summed E-state index contributed by atoms with van der Waals surface area (Å²) in [6.45, 7) is 2.05. The molecule has 98 valence electrons. The molecule has 0 aromatic carbocycles. The molecule has 0 saturated heterocycles. The Hall–Kier alpha value is -1.36. The zero-order valence-corrected chi connectivity index (χ0v) is 11.0. The van der Waals surface area contributed by atoms with Gasteiger partial charge in [-0.2, -0.15) is 0 Å². The summed E-state index contributed by atoms with van der Waals surface area (Å²) >= 11 is 5.73. The van der Waals surface area contributed by atoms with Gasteiger partial charge in [-0.25, -0.2) is 4.98 Å². The Bertz CT molecular complexity index is 447. The van der Waals surface area contributed by atoms with E-state index in [9.17, 15) is 10.1 Å². The van der Waals surface area contributed by atoms with E-state index in [0.717, 1.165) is 0 Å². The molecule has 1 fully saturated rings. The first kappa shape index (κ1) is 13.1. The van der Waals surface area contributed by atoms with E-state index in [1.54, 1.807) is 0 Å². The molecule has 18 heavy (non-hydrogen) atoms. The lowest BCUT2D eigenvalue weighted by Crippen LogP contribution is -2.24. The third-order valence-corrected chi connectivity index (χ3v) is 3.71. The summed E-state index contributed by atoms with van der Waals surface area (Å²) in [4.78, 5) is 14.5. The minimum Gasteiger partial charge on any atom is -0.362 e. The van der Waals surface area contributed by atoms with Crippen molar-refractivity contribution < 1.29 is 4.92 Å². The summed E-state index contributed by atoms with van der Waals surface area (Å²) in [5.41, 5.74) is -0.0626. The van der Waals surface area contributed by atoms with Gasteiger partial charge in [0, 0.05) is 18.3 Å². The molecule has 1 heterocycles. The number of pyridine rings is 1. The van der Waals surface area contributed by atoms with Gasteiger partial charge in [-0.1, -0.05) is 24.4 Å². The van der Waals surface area contributed by atoms with Crippen LogP contribution < -0.4 is 5.32 Å². The van der Waals surface area contributed by atoms with Crippen LogP contribution in [0.4, 0.5) is 11.5 Å². The third kappa shape index (κ3) is 2.90. The van der Waals surface area contributed by atoms with Gasteiger partial charge in [0.2, 0.25) is 5.82 Å². The fourth-order valence-electron chi connectivity index (χ4n) is 2.47. The fourth-order valence-corrected chi connectivity index (χ4v) is 2.62. The zero-order chi connectivity index (χ0) is 13.1. The molecule has 0 spiro atoms. The number of rotatable bonds is 4. The van der Waals surface area contributed by atoms with E-state index >= 15 is 0 Å². The van der Waals surface area contributed by atoms with Crippen LogP contribution in [0.3, 0.4) is 0 Å². The van der Waals surface area contributed by atoms with Crippen molar-refractivity contribution in [2.45, 2.75) is 38.6 Å². The molecule has 1 atom stereocenters. The fraction of sp³-hybridized carbons (Fsp3) is 0.583. The highest BCUT2D eigenvalue weighted by Gasteiger charge is 2.24. The van der Waals surface area contributed by atoms with Gasteiger partial charge in [0.1, 0.15) is 0 Å². The molecular weight excluding hydrogens is 254 g/mol. The van der Waals surface area contributed by atoms with Gasteiger partial charge >= 0.3 is 5.69 Å². The van der Waals surface area contributed by atoms with E-state index in [2.05, 4.69) is 17.2 Å². The second-order valence-corrected chi connectivity index (χ2v) is 5.19. The summed E-state index contributed by atoms with van der Waals surface area (Å²) in [5, 5.41) is 14.4. The maximum Gasteiger partial charge on any atom is 0.312 e. The van der Waals surface area contributed by atoms with Crippen LogP contribution in [0, 0.1) is 16.0 Å². The lowest BCUT2D eigenvalue weighted by Gasteiger charge is -2.20. The topological polar surface area (TPSA) is 68.1 Å². The van der Waals surface area contributed by atoms with Crippen LogP contribution >= 0.6 is 11.6 Å². The lowest BCUT2D eigenvalue weighted by molar-refractivity contribution is -0.384. The Balaban J connectivity index is 2.15. The number of anilines is 1. The summed E-state index contributed by atoms with van der Waals surface area (Å²) in [6, 6.07) is 1.53. The van der Waals surface area contributed by atoms with Crippen molar-refractivity contribution in [1.29, 1.82) is 0 Å². The molecule has 6 heteroatoms. The molecule has 1 unspecified atom stereocenters. The Morgan fingerprint density at radius 1 is 1.56 bits per heavy atom. The predicted octanol–water partition coefficient (Wildman–Crippen LogP) is 3.63. The maximum atomic E-state index is 10.9. The molecule has 1 saturated carbocycles. The number of hydrogen-bond donors (Lipinski definition) is 1. The van der Waals surface area contributed by atoms with E-state index < -0.39 is 4.92 Å². The van der Waals surface area contributed by atoms with Crippen molar-refractivity contribution in [3.05, 3.63) is 27.4 Å². The van der Waals surface area contributed by atoms with Crippen molar-refractivity contribution in [3.8, 4) is 0 Å². The van der Waals surface area contributed by atoms with E-state index in [1.165, 1.54) is 37.9 Å². The third-order valence-electron chi connectivity index (χ3n) is 3.50. The van der Waals surface area contributed by atoms with Crippen molar-refractivity contribution in [1.82, 2.24) is 4.98 Å². The Kier molecular flexibility index (Phi) is 4.01. The van der Waals surface area contributed by atoms with E-state index in [4.69, 9.17) is 11.6 Å². The van der Waals surface area contributed by atoms with E-state index in [1.807, 2.05) is 0 Å². The molecule has 1 aliphatic carbocycles. The van der Waals surface area contributed by atoms with Crippen LogP contribution in [0.1, 0.15) is 32.6 Å². The molecule has 1 aromatic heterocycles. The first-order valence-electron chi connectivity index (χ1n) is 6.14. The summed E-state index contributed by atoms with van der Waals surface area (Å²) < 4.78 is 0. The number of aromatic nitrogens is 1. The molecule has 1 aromatic rings. The molecule has 2 rings (SSSR count). The van der Waals surface area contributed by atoms with Crippen LogP contribution in [-0.2, 0) is 0 Å². The Morgan fingerprint density at radius 3 is 2.83 bits per heavy atom. The second kappa shape index (κ2) is 5.52. The summed E-state index contributed by atoms with van der Waals surface area (Å²) in [5.74, 6) is 0.880. The van der Waals surface area contributed by atoms with Crippen LogP contribution in [0.5, 0.6) is 0 Å². The number of nitrogens with one attached hydrogen (secondary N) is 1. The van der Waals surface area contributed by atoms with Crippen LogP contribution in [0.2, 0.25) is 5.02 Å². The van der Waals surface area contributed by atoms with Gasteiger partial charge in [0.05, 0.1) is 9.95 Å². The van der Waals surface area contributed by atoms with Gasteiger partial charge in [0.15, 0.2) is 0 Å². The van der Waals surface area contributed by atoms with Gasteiger partial charge in [0.25, 0.3) is 0 Å². The largest absolute Gasteiger partial charge is 0.362 e. The van der Waals surface area contributed by atoms with E-state index in [-0.39, 0.29) is 16.8 Å². The SMILES string of the molecule is CC(Nc1ncc(Cl)cc1[N+](=O)[O-])C1CCCC1. The van der Waals surface area contributed by atoms with E-state index in [0.29, 0.717) is 11.7 Å². The Morgan fingerprint density at radius 2 is 2.22 bits per heavy atom. The standard InChI is InChI=1S/C12H16ClN3O2/c1-8(9-4-2-3-5-9)15-12-11(16(17)18)6-10(13)7-14-12/h6-9H,2-5H2,1H3,(H,14,15). The monoisotopic (exact) mass is 269 g/mol. The lowest BCUT2D eigenvalue weighted by atomic mass is 10.00. The van der Waals surface area contributed by atoms with Crippen molar-refractivity contribution in [3.63, 3.8) is 0 Å². The van der Waals surface area contributed by atoms with Gasteiger partial charge < -0.3 is 5.32 Å². The first-order chi connectivity index (χ1) is 8.58. The van der Waals surface area contributed by atoms with Crippen molar-refractivity contribution >= 4 is 23.1 Å². The first-order valence-corrected chi connectivity index (χ1v) is 6.52. The van der Waals surface area contributed by atoms with Gasteiger partial charge in [-0.05, 0) is 25.7 Å². The molecule has 0 amide bonds. The summed E-state index contributed by atoms with van der Waals surface area (Å²) in [6.07, 6.45) is 6.27.